The fourth-order valence-corrected chi connectivity index (χ4v) is 5.47. The first-order valence-corrected chi connectivity index (χ1v) is 17.2. The number of anilines is 2. The van der Waals surface area contributed by atoms with Crippen molar-refractivity contribution in [2.45, 2.75) is 39.7 Å². The molecule has 0 aliphatic heterocycles. The predicted octanol–water partition coefficient (Wildman–Crippen LogP) is 7.21. The van der Waals surface area contributed by atoms with Crippen LogP contribution in [0.5, 0.6) is 0 Å². The molecular formula is C38H45N7O7. The van der Waals surface area contributed by atoms with Gasteiger partial charge in [-0.1, -0.05) is 30.6 Å². The van der Waals surface area contributed by atoms with E-state index in [2.05, 4.69) is 20.2 Å². The lowest BCUT2D eigenvalue weighted by Crippen LogP contribution is -2.37. The Kier molecular flexibility index (Phi) is 14.2. The Morgan fingerprint density at radius 1 is 0.904 bits per heavy atom. The number of azide groups is 1. The van der Waals surface area contributed by atoms with Gasteiger partial charge >= 0.3 is 17.7 Å². The van der Waals surface area contributed by atoms with Crippen molar-refractivity contribution in [3.05, 3.63) is 110 Å². The molecule has 4 rings (SSSR count). The molecule has 4 aromatic rings. The average Bonchev–Trinajstić information content (AvgIpc) is 3.14. The molecule has 0 saturated carbocycles. The molecule has 0 spiro atoms. The monoisotopic (exact) mass is 711 g/mol. The lowest BCUT2D eigenvalue weighted by Gasteiger charge is -2.27. The first-order chi connectivity index (χ1) is 25.1. The number of hydrogen-bond acceptors (Lipinski definition) is 10. The molecule has 0 radical (unpaired) electrons. The SMILES string of the molecule is CCCCN(C(=O)OC(CNC(=O)c1ccc(N=[N+]=[N-])cc1)c1cc(=O)oc2cc(N(CC)CC)ccc12)c1ccc(C(=O)OCCN(C)C)cc1. The minimum atomic E-state index is -1.11. The van der Waals surface area contributed by atoms with E-state index >= 15 is 0 Å². The average molecular weight is 712 g/mol. The predicted molar refractivity (Wildman–Crippen MR) is 200 cm³/mol. The van der Waals surface area contributed by atoms with Gasteiger partial charge in [-0.3, -0.25) is 9.69 Å². The Morgan fingerprint density at radius 3 is 2.21 bits per heavy atom. The molecule has 52 heavy (non-hydrogen) atoms. The summed E-state index contributed by atoms with van der Waals surface area (Å²) in [4.78, 5) is 61.1. The molecule has 14 nitrogen and oxygen atoms in total. The van der Waals surface area contributed by atoms with Gasteiger partial charge in [0.1, 0.15) is 18.3 Å². The highest BCUT2D eigenvalue weighted by Gasteiger charge is 2.26. The summed E-state index contributed by atoms with van der Waals surface area (Å²) in [5.74, 6) is -0.946. The second-order valence-electron chi connectivity index (χ2n) is 12.2. The highest BCUT2D eigenvalue weighted by Crippen LogP contribution is 2.30. The highest BCUT2D eigenvalue weighted by atomic mass is 16.6. The van der Waals surface area contributed by atoms with Crippen molar-refractivity contribution < 1.29 is 28.3 Å². The van der Waals surface area contributed by atoms with E-state index in [0.717, 1.165) is 25.2 Å². The Morgan fingerprint density at radius 2 is 1.58 bits per heavy atom. The maximum absolute atomic E-state index is 14.1. The number of fused-ring (bicyclic) bond motifs is 1. The number of benzene rings is 3. The van der Waals surface area contributed by atoms with Crippen LogP contribution in [0.4, 0.5) is 21.9 Å². The zero-order valence-corrected chi connectivity index (χ0v) is 30.2. The van der Waals surface area contributed by atoms with Crippen molar-refractivity contribution in [1.29, 1.82) is 0 Å². The Balaban J connectivity index is 1.67. The van der Waals surface area contributed by atoms with E-state index in [1.54, 1.807) is 30.3 Å². The molecule has 1 unspecified atom stereocenters. The maximum Gasteiger partial charge on any atom is 0.414 e. The van der Waals surface area contributed by atoms with Crippen molar-refractivity contribution in [1.82, 2.24) is 10.2 Å². The summed E-state index contributed by atoms with van der Waals surface area (Å²) in [5.41, 5.74) is 11.1. The zero-order valence-electron chi connectivity index (χ0n) is 30.2. The molecule has 1 aromatic heterocycles. The van der Waals surface area contributed by atoms with E-state index in [9.17, 15) is 19.2 Å². The normalized spacial score (nSPS) is 11.4. The molecule has 1 N–H and O–H groups in total. The van der Waals surface area contributed by atoms with Crippen LogP contribution < -0.4 is 20.7 Å². The van der Waals surface area contributed by atoms with Crippen LogP contribution in [0.3, 0.4) is 0 Å². The molecule has 0 fully saturated rings. The number of unbranched alkanes of at least 4 members (excludes halogenated alkanes) is 1. The van der Waals surface area contributed by atoms with Gasteiger partial charge in [-0.2, -0.15) is 0 Å². The van der Waals surface area contributed by atoms with Gasteiger partial charge in [-0.15, -0.1) is 0 Å². The van der Waals surface area contributed by atoms with E-state index < -0.39 is 29.7 Å². The Hall–Kier alpha value is -5.85. The molecule has 2 amide bonds. The van der Waals surface area contributed by atoms with E-state index in [0.29, 0.717) is 53.0 Å². The number of carbonyl (C=O) groups is 3. The lowest BCUT2D eigenvalue weighted by atomic mass is 10.0. The van der Waals surface area contributed by atoms with E-state index in [1.165, 1.54) is 35.2 Å². The molecule has 3 aromatic carbocycles. The van der Waals surface area contributed by atoms with Crippen LogP contribution in [0.2, 0.25) is 0 Å². The third-order valence-corrected chi connectivity index (χ3v) is 8.36. The molecule has 274 valence electrons. The smallest absolute Gasteiger partial charge is 0.414 e. The van der Waals surface area contributed by atoms with Crippen LogP contribution in [0.15, 0.2) is 87.1 Å². The van der Waals surface area contributed by atoms with Crippen molar-refractivity contribution in [3.8, 4) is 0 Å². The van der Waals surface area contributed by atoms with Crippen molar-refractivity contribution in [2.75, 3.05) is 63.2 Å². The van der Waals surface area contributed by atoms with Crippen LogP contribution >= 0.6 is 0 Å². The molecule has 0 aliphatic carbocycles. The van der Waals surface area contributed by atoms with Crippen LogP contribution in [0.25, 0.3) is 21.4 Å². The van der Waals surface area contributed by atoms with Crippen LogP contribution in [-0.4, -0.2) is 76.3 Å². The van der Waals surface area contributed by atoms with E-state index in [-0.39, 0.29) is 18.7 Å². The fourth-order valence-electron chi connectivity index (χ4n) is 5.47. The van der Waals surface area contributed by atoms with Gasteiger partial charge in [-0.25, -0.2) is 14.4 Å². The Bertz CT molecular complexity index is 1930. The number of carbonyl (C=O) groups excluding carboxylic acids is 3. The Labute approximate surface area is 302 Å². The van der Waals surface area contributed by atoms with Crippen molar-refractivity contribution in [2.24, 2.45) is 5.11 Å². The molecule has 0 saturated heterocycles. The van der Waals surface area contributed by atoms with Crippen molar-refractivity contribution >= 4 is 46.0 Å². The van der Waals surface area contributed by atoms with Gasteiger partial charge in [0.25, 0.3) is 5.91 Å². The summed E-state index contributed by atoms with van der Waals surface area (Å²) in [7, 11) is 3.77. The van der Waals surface area contributed by atoms with Crippen LogP contribution in [0, 0.1) is 0 Å². The first-order valence-electron chi connectivity index (χ1n) is 17.2. The first kappa shape index (κ1) is 38.9. The number of esters is 1. The lowest BCUT2D eigenvalue weighted by molar-refractivity contribution is 0.0481. The molecule has 1 heterocycles. The maximum atomic E-state index is 14.1. The number of nitrogens with one attached hydrogen (secondary N) is 1. The number of likely N-dealkylation sites (N-methyl/N-ethyl adjacent to an activating group) is 1. The highest BCUT2D eigenvalue weighted by molar-refractivity contribution is 5.95. The molecular weight excluding hydrogens is 666 g/mol. The summed E-state index contributed by atoms with van der Waals surface area (Å²) in [6.45, 7) is 8.49. The van der Waals surface area contributed by atoms with E-state index in [4.69, 9.17) is 19.4 Å². The second kappa shape index (κ2) is 18.9. The van der Waals surface area contributed by atoms with Crippen molar-refractivity contribution in [3.63, 3.8) is 0 Å². The third-order valence-electron chi connectivity index (χ3n) is 8.36. The van der Waals surface area contributed by atoms with Crippen LogP contribution in [-0.2, 0) is 9.47 Å². The second-order valence-corrected chi connectivity index (χ2v) is 12.2. The molecule has 14 heteroatoms. The molecule has 0 bridgehead atoms. The summed E-state index contributed by atoms with van der Waals surface area (Å²) in [6, 6.07) is 19.3. The minimum Gasteiger partial charge on any atom is -0.461 e. The summed E-state index contributed by atoms with van der Waals surface area (Å²) in [5, 5.41) is 6.89. The number of nitrogens with zero attached hydrogens (tertiary/aromatic N) is 6. The quantitative estimate of drug-likeness (QED) is 0.0391. The van der Waals surface area contributed by atoms with Gasteiger partial charge < -0.3 is 29.0 Å². The number of ether oxygens (including phenoxy) is 2. The topological polar surface area (TPSA) is 170 Å². The standard InChI is InChI=1S/C38H45N7O7/c1-6-9-20-45(29-16-12-27(13-17-29)37(48)50-22-21-43(4)5)38(49)52-34(25-40-36(47)26-10-14-28(15-11-26)41-42-39)32-24-35(46)51-33-23-30(18-19-31(32)33)44(7-2)8-3/h10-19,23-24,34H,6-9,20-22,25H2,1-5H3,(H,40,47). The van der Waals surface area contributed by atoms with Gasteiger partial charge in [0, 0.05) is 76.8 Å². The third kappa shape index (κ3) is 10.3. The number of hydrogen-bond donors (Lipinski definition) is 1. The van der Waals surface area contributed by atoms with Crippen LogP contribution in [0.1, 0.15) is 66.0 Å². The minimum absolute atomic E-state index is 0.182. The molecule has 1 atom stereocenters. The van der Waals surface area contributed by atoms with Gasteiger partial charge in [0.15, 0.2) is 0 Å². The van der Waals surface area contributed by atoms with Gasteiger partial charge in [0.05, 0.1) is 12.1 Å². The zero-order chi connectivity index (χ0) is 37.6. The summed E-state index contributed by atoms with van der Waals surface area (Å²) in [6.07, 6.45) is -0.381. The number of amides is 2. The fraction of sp³-hybridized carbons (Fsp3) is 0.368. The van der Waals surface area contributed by atoms with Gasteiger partial charge in [-0.05, 0) is 88.4 Å². The number of rotatable bonds is 17. The largest absolute Gasteiger partial charge is 0.461 e. The van der Waals surface area contributed by atoms with E-state index in [1.807, 2.05) is 51.9 Å². The summed E-state index contributed by atoms with van der Waals surface area (Å²) < 4.78 is 17.1. The van der Waals surface area contributed by atoms with Gasteiger partial charge in [0.2, 0.25) is 0 Å². The summed E-state index contributed by atoms with van der Waals surface area (Å²) >= 11 is 0. The molecule has 0 aliphatic rings.